The van der Waals surface area contributed by atoms with Gasteiger partial charge in [0.15, 0.2) is 0 Å². The van der Waals surface area contributed by atoms with E-state index >= 15 is 0 Å². The number of likely N-dealkylation sites (N-methyl/N-ethyl adjacent to an activating group) is 1. The van der Waals surface area contributed by atoms with Crippen molar-refractivity contribution in [1.29, 1.82) is 0 Å². The van der Waals surface area contributed by atoms with E-state index in [-0.39, 0.29) is 11.4 Å². The highest BCUT2D eigenvalue weighted by Crippen LogP contribution is 2.60. The van der Waals surface area contributed by atoms with Crippen LogP contribution >= 0.6 is 0 Å². The molecule has 4 saturated carbocycles. The SMILES string of the molecule is CN1CCN(OC(=O)C23CC4CC(CC(C4)C2)C3)CC1. The third kappa shape index (κ3) is 2.17. The quantitative estimate of drug-likeness (QED) is 0.772. The third-order valence-corrected chi connectivity index (χ3v) is 6.15. The number of piperazine rings is 1. The maximum Gasteiger partial charge on any atom is 0.331 e. The lowest BCUT2D eigenvalue weighted by molar-refractivity contribution is -0.220. The van der Waals surface area contributed by atoms with E-state index in [1.54, 1.807) is 0 Å². The molecule has 1 heterocycles. The Hall–Kier alpha value is -0.610. The Kier molecular flexibility index (Phi) is 3.08. The number of hydrogen-bond donors (Lipinski definition) is 0. The molecule has 1 aliphatic heterocycles. The zero-order valence-corrected chi connectivity index (χ0v) is 12.5. The lowest BCUT2D eigenvalue weighted by Gasteiger charge is -2.55. The van der Waals surface area contributed by atoms with Gasteiger partial charge in [0.1, 0.15) is 0 Å². The van der Waals surface area contributed by atoms with Crippen molar-refractivity contribution >= 4 is 5.97 Å². The Balaban J connectivity index is 1.43. The summed E-state index contributed by atoms with van der Waals surface area (Å²) in [5.74, 6) is 2.52. The Bertz CT molecular complexity index is 366. The summed E-state index contributed by atoms with van der Waals surface area (Å²) in [5, 5.41) is 1.90. The highest BCUT2D eigenvalue weighted by Gasteiger charge is 2.56. The van der Waals surface area contributed by atoms with E-state index in [1.807, 2.05) is 5.06 Å². The van der Waals surface area contributed by atoms with Crippen molar-refractivity contribution in [2.75, 3.05) is 33.2 Å². The van der Waals surface area contributed by atoms with E-state index < -0.39 is 0 Å². The van der Waals surface area contributed by atoms with E-state index in [9.17, 15) is 4.79 Å². The molecule has 5 aliphatic rings. The summed E-state index contributed by atoms with van der Waals surface area (Å²) in [4.78, 5) is 20.8. The highest BCUT2D eigenvalue weighted by atomic mass is 16.7. The molecular weight excluding hydrogens is 252 g/mol. The summed E-state index contributed by atoms with van der Waals surface area (Å²) in [6, 6.07) is 0. The van der Waals surface area contributed by atoms with Crippen LogP contribution in [0.2, 0.25) is 0 Å². The zero-order chi connectivity index (χ0) is 13.7. The number of carbonyl (C=O) groups is 1. The van der Waals surface area contributed by atoms with Gasteiger partial charge in [-0.05, 0) is 63.3 Å². The molecule has 5 fully saturated rings. The first kappa shape index (κ1) is 13.1. The second-order valence-electron chi connectivity index (χ2n) is 7.81. The number of rotatable bonds is 2. The van der Waals surface area contributed by atoms with Crippen molar-refractivity contribution < 1.29 is 9.63 Å². The highest BCUT2D eigenvalue weighted by molar-refractivity contribution is 5.77. The van der Waals surface area contributed by atoms with Crippen molar-refractivity contribution in [3.63, 3.8) is 0 Å². The van der Waals surface area contributed by atoms with Crippen LogP contribution in [0.5, 0.6) is 0 Å². The molecule has 5 rings (SSSR count). The minimum Gasteiger partial charge on any atom is -0.367 e. The normalized spacial score (nSPS) is 44.8. The van der Waals surface area contributed by atoms with Gasteiger partial charge in [-0.25, -0.2) is 4.79 Å². The summed E-state index contributed by atoms with van der Waals surface area (Å²) in [5.41, 5.74) is -0.113. The summed E-state index contributed by atoms with van der Waals surface area (Å²) < 4.78 is 0. The van der Waals surface area contributed by atoms with Crippen LogP contribution in [0.15, 0.2) is 0 Å². The molecule has 112 valence electrons. The first-order chi connectivity index (χ1) is 9.63. The Labute approximate surface area is 121 Å². The first-order valence-corrected chi connectivity index (χ1v) is 8.29. The van der Waals surface area contributed by atoms with Gasteiger partial charge in [0, 0.05) is 26.2 Å². The van der Waals surface area contributed by atoms with Crippen LogP contribution in [-0.2, 0) is 9.63 Å². The molecule has 0 atom stereocenters. The predicted octanol–water partition coefficient (Wildman–Crippen LogP) is 1.91. The van der Waals surface area contributed by atoms with E-state index in [4.69, 9.17) is 4.84 Å². The van der Waals surface area contributed by atoms with Crippen LogP contribution in [0.25, 0.3) is 0 Å². The lowest BCUT2D eigenvalue weighted by Crippen LogP contribution is -2.53. The maximum atomic E-state index is 12.8. The minimum atomic E-state index is -0.113. The Morgan fingerprint density at radius 3 is 1.95 bits per heavy atom. The largest absolute Gasteiger partial charge is 0.367 e. The number of hydrogen-bond acceptors (Lipinski definition) is 4. The van der Waals surface area contributed by atoms with Crippen LogP contribution < -0.4 is 0 Å². The van der Waals surface area contributed by atoms with Gasteiger partial charge >= 0.3 is 5.97 Å². The monoisotopic (exact) mass is 278 g/mol. The van der Waals surface area contributed by atoms with Gasteiger partial charge in [-0.2, -0.15) is 0 Å². The summed E-state index contributed by atoms with van der Waals surface area (Å²) in [7, 11) is 2.12. The molecule has 0 N–H and O–H groups in total. The smallest absolute Gasteiger partial charge is 0.331 e. The van der Waals surface area contributed by atoms with E-state index in [1.165, 1.54) is 19.3 Å². The van der Waals surface area contributed by atoms with Crippen molar-refractivity contribution in [2.24, 2.45) is 23.2 Å². The van der Waals surface area contributed by atoms with Crippen LogP contribution in [0.3, 0.4) is 0 Å². The van der Waals surface area contributed by atoms with Crippen LogP contribution in [-0.4, -0.2) is 49.2 Å². The molecule has 0 unspecified atom stereocenters. The third-order valence-electron chi connectivity index (χ3n) is 6.15. The molecule has 4 bridgehead atoms. The summed E-state index contributed by atoms with van der Waals surface area (Å²) >= 11 is 0. The fourth-order valence-corrected chi connectivity index (χ4v) is 5.45. The molecule has 0 aromatic rings. The standard InChI is InChI=1S/C16H26N2O2/c1-17-2-4-18(5-3-17)20-15(19)16-9-12-6-13(10-16)8-14(7-12)11-16/h12-14H,2-11H2,1H3. The molecule has 4 aliphatic carbocycles. The van der Waals surface area contributed by atoms with Crippen molar-refractivity contribution in [1.82, 2.24) is 9.96 Å². The average molecular weight is 278 g/mol. The topological polar surface area (TPSA) is 32.8 Å². The van der Waals surface area contributed by atoms with Crippen molar-refractivity contribution in [2.45, 2.75) is 38.5 Å². The molecule has 0 radical (unpaired) electrons. The Morgan fingerprint density at radius 2 is 1.45 bits per heavy atom. The van der Waals surface area contributed by atoms with Gasteiger partial charge in [0.25, 0.3) is 0 Å². The fraction of sp³-hybridized carbons (Fsp3) is 0.938. The van der Waals surface area contributed by atoms with Gasteiger partial charge in [0.2, 0.25) is 0 Å². The molecule has 0 spiro atoms. The molecule has 20 heavy (non-hydrogen) atoms. The second kappa shape index (κ2) is 4.70. The summed E-state index contributed by atoms with van der Waals surface area (Å²) in [6.07, 6.45) is 7.44. The van der Waals surface area contributed by atoms with Gasteiger partial charge in [-0.1, -0.05) is 0 Å². The molecule has 1 saturated heterocycles. The van der Waals surface area contributed by atoms with Gasteiger partial charge < -0.3 is 9.74 Å². The molecular formula is C16H26N2O2. The number of hydroxylamine groups is 2. The van der Waals surface area contributed by atoms with Gasteiger partial charge in [0.05, 0.1) is 5.41 Å². The minimum absolute atomic E-state index is 0.0983. The fourth-order valence-electron chi connectivity index (χ4n) is 5.45. The van der Waals surface area contributed by atoms with Gasteiger partial charge in [-0.15, -0.1) is 5.06 Å². The predicted molar refractivity (Wildman–Crippen MR) is 75.8 cm³/mol. The van der Waals surface area contributed by atoms with Crippen molar-refractivity contribution in [3.8, 4) is 0 Å². The molecule has 0 aromatic carbocycles. The first-order valence-electron chi connectivity index (χ1n) is 8.29. The molecule has 4 nitrogen and oxygen atoms in total. The molecule has 4 heteroatoms. The number of nitrogens with zero attached hydrogens (tertiary/aromatic N) is 2. The van der Waals surface area contributed by atoms with E-state index in [0.717, 1.165) is 63.2 Å². The summed E-state index contributed by atoms with van der Waals surface area (Å²) in [6.45, 7) is 3.70. The van der Waals surface area contributed by atoms with Gasteiger partial charge in [-0.3, -0.25) is 0 Å². The van der Waals surface area contributed by atoms with Crippen LogP contribution in [0, 0.1) is 23.2 Å². The second-order valence-corrected chi connectivity index (χ2v) is 7.81. The van der Waals surface area contributed by atoms with Crippen LogP contribution in [0.4, 0.5) is 0 Å². The van der Waals surface area contributed by atoms with Crippen molar-refractivity contribution in [3.05, 3.63) is 0 Å². The average Bonchev–Trinajstić information content (AvgIpc) is 2.40. The molecule has 0 aromatic heterocycles. The lowest BCUT2D eigenvalue weighted by atomic mass is 9.49. The molecule has 0 amide bonds. The zero-order valence-electron chi connectivity index (χ0n) is 12.5. The maximum absolute atomic E-state index is 12.8. The van der Waals surface area contributed by atoms with Crippen LogP contribution in [0.1, 0.15) is 38.5 Å². The van der Waals surface area contributed by atoms with E-state index in [0.29, 0.717) is 0 Å². The van der Waals surface area contributed by atoms with E-state index in [2.05, 4.69) is 11.9 Å². The number of carbonyl (C=O) groups excluding carboxylic acids is 1. The Morgan fingerprint density at radius 1 is 0.950 bits per heavy atom.